The van der Waals surface area contributed by atoms with Crippen LogP contribution in [0.1, 0.15) is 44.0 Å². The summed E-state index contributed by atoms with van der Waals surface area (Å²) in [6, 6.07) is 6.78. The summed E-state index contributed by atoms with van der Waals surface area (Å²) in [5.41, 5.74) is 1.99. The highest BCUT2D eigenvalue weighted by atomic mass is 79.9. The first-order valence-corrected chi connectivity index (χ1v) is 7.35. The molecule has 1 fully saturated rings. The Bertz CT molecular complexity index is 452. The Morgan fingerprint density at radius 2 is 2.11 bits per heavy atom. The molecule has 18 heavy (non-hydrogen) atoms. The number of benzene rings is 1. The second kappa shape index (κ2) is 5.43. The van der Waals surface area contributed by atoms with Crippen LogP contribution in [0.3, 0.4) is 0 Å². The van der Waals surface area contributed by atoms with Gasteiger partial charge < -0.3 is 4.90 Å². The van der Waals surface area contributed by atoms with Gasteiger partial charge in [0.25, 0.3) is 0 Å². The molecule has 1 aromatic carbocycles. The van der Waals surface area contributed by atoms with Crippen LogP contribution < -0.4 is 4.90 Å². The number of hydrogen-bond donors (Lipinski definition) is 0. The molecule has 3 heteroatoms. The first kappa shape index (κ1) is 13.6. The molecule has 0 spiro atoms. The second-order valence-electron chi connectivity index (χ2n) is 5.50. The predicted molar refractivity (Wildman–Crippen MR) is 79.4 cm³/mol. The number of carbonyl (C=O) groups excluding carboxylic acids is 1. The summed E-state index contributed by atoms with van der Waals surface area (Å²) in [5.74, 6) is 0.757. The van der Waals surface area contributed by atoms with Crippen molar-refractivity contribution in [1.29, 1.82) is 0 Å². The Morgan fingerprint density at radius 1 is 1.44 bits per heavy atom. The smallest absolute Gasteiger partial charge is 0.160 e. The molecule has 1 aromatic rings. The average molecular weight is 310 g/mol. The molecule has 98 valence electrons. The highest BCUT2D eigenvalue weighted by Crippen LogP contribution is 2.34. The van der Waals surface area contributed by atoms with Gasteiger partial charge >= 0.3 is 0 Å². The SMILES string of the molecule is CC(=O)c1ccc(N(CC(C)C)C2CC2)cc1Br. The van der Waals surface area contributed by atoms with E-state index in [0.29, 0.717) is 12.0 Å². The molecule has 0 aliphatic heterocycles. The van der Waals surface area contributed by atoms with Crippen molar-refractivity contribution >= 4 is 27.4 Å². The first-order valence-electron chi connectivity index (χ1n) is 6.56. The number of carbonyl (C=O) groups is 1. The van der Waals surface area contributed by atoms with Crippen LogP contribution >= 0.6 is 15.9 Å². The van der Waals surface area contributed by atoms with Gasteiger partial charge in [-0.2, -0.15) is 0 Å². The normalized spacial score (nSPS) is 14.9. The second-order valence-corrected chi connectivity index (χ2v) is 6.35. The monoisotopic (exact) mass is 309 g/mol. The van der Waals surface area contributed by atoms with Crippen molar-refractivity contribution in [3.8, 4) is 0 Å². The van der Waals surface area contributed by atoms with Crippen molar-refractivity contribution in [1.82, 2.24) is 0 Å². The van der Waals surface area contributed by atoms with Gasteiger partial charge in [0, 0.05) is 28.3 Å². The molecule has 0 N–H and O–H groups in total. The van der Waals surface area contributed by atoms with Crippen LogP contribution in [-0.4, -0.2) is 18.4 Å². The Labute approximate surface area is 117 Å². The van der Waals surface area contributed by atoms with Gasteiger partial charge in [0.2, 0.25) is 0 Å². The summed E-state index contributed by atoms with van der Waals surface area (Å²) in [6.45, 7) is 7.17. The third-order valence-electron chi connectivity index (χ3n) is 3.21. The van der Waals surface area contributed by atoms with E-state index in [0.717, 1.165) is 16.6 Å². The fourth-order valence-corrected chi connectivity index (χ4v) is 2.86. The average Bonchev–Trinajstić information content (AvgIpc) is 3.08. The third kappa shape index (κ3) is 3.14. The van der Waals surface area contributed by atoms with E-state index in [1.54, 1.807) is 6.92 Å². The van der Waals surface area contributed by atoms with Gasteiger partial charge in [-0.3, -0.25) is 4.79 Å². The molecular formula is C15H20BrNO. The minimum atomic E-state index is 0.107. The zero-order valence-electron chi connectivity index (χ0n) is 11.2. The minimum Gasteiger partial charge on any atom is -0.368 e. The van der Waals surface area contributed by atoms with Gasteiger partial charge in [-0.15, -0.1) is 0 Å². The van der Waals surface area contributed by atoms with Crippen molar-refractivity contribution in [2.24, 2.45) is 5.92 Å². The van der Waals surface area contributed by atoms with Crippen molar-refractivity contribution in [2.75, 3.05) is 11.4 Å². The molecule has 1 aliphatic rings. The lowest BCUT2D eigenvalue weighted by molar-refractivity contribution is 0.101. The van der Waals surface area contributed by atoms with Crippen molar-refractivity contribution in [3.05, 3.63) is 28.2 Å². The number of hydrogen-bond acceptors (Lipinski definition) is 2. The van der Waals surface area contributed by atoms with Crippen LogP contribution in [0.5, 0.6) is 0 Å². The summed E-state index contributed by atoms with van der Waals surface area (Å²) in [7, 11) is 0. The fraction of sp³-hybridized carbons (Fsp3) is 0.533. The molecule has 1 aliphatic carbocycles. The molecule has 0 bridgehead atoms. The Hall–Kier alpha value is -0.830. The molecule has 0 atom stereocenters. The van der Waals surface area contributed by atoms with Crippen molar-refractivity contribution in [3.63, 3.8) is 0 Å². The topological polar surface area (TPSA) is 20.3 Å². The molecule has 2 rings (SSSR count). The summed E-state index contributed by atoms with van der Waals surface area (Å²) >= 11 is 3.50. The van der Waals surface area contributed by atoms with E-state index in [1.165, 1.54) is 18.5 Å². The van der Waals surface area contributed by atoms with Crippen LogP contribution in [0, 0.1) is 5.92 Å². The van der Waals surface area contributed by atoms with E-state index in [-0.39, 0.29) is 5.78 Å². The fourth-order valence-electron chi connectivity index (χ4n) is 2.21. The van der Waals surface area contributed by atoms with Crippen LogP contribution in [0.15, 0.2) is 22.7 Å². The van der Waals surface area contributed by atoms with E-state index in [1.807, 2.05) is 6.07 Å². The summed E-state index contributed by atoms with van der Waals surface area (Å²) in [5, 5.41) is 0. The predicted octanol–water partition coefficient (Wildman–Crippen LogP) is 4.28. The van der Waals surface area contributed by atoms with Gasteiger partial charge in [-0.25, -0.2) is 0 Å². The van der Waals surface area contributed by atoms with Gasteiger partial charge in [0.05, 0.1) is 0 Å². The number of anilines is 1. The van der Waals surface area contributed by atoms with Gasteiger partial charge in [0.15, 0.2) is 5.78 Å². The number of halogens is 1. The largest absolute Gasteiger partial charge is 0.368 e. The maximum Gasteiger partial charge on any atom is 0.160 e. The molecular weight excluding hydrogens is 290 g/mol. The summed E-state index contributed by atoms with van der Waals surface area (Å²) in [6.07, 6.45) is 2.58. The van der Waals surface area contributed by atoms with Gasteiger partial charge in [-0.05, 0) is 59.8 Å². The summed E-state index contributed by atoms with van der Waals surface area (Å²) < 4.78 is 0.905. The zero-order valence-corrected chi connectivity index (χ0v) is 12.8. The van der Waals surface area contributed by atoms with Crippen LogP contribution in [0.25, 0.3) is 0 Å². The number of rotatable bonds is 5. The first-order chi connectivity index (χ1) is 8.49. The molecule has 0 unspecified atom stereocenters. The molecule has 0 amide bonds. The lowest BCUT2D eigenvalue weighted by atomic mass is 10.1. The molecule has 0 heterocycles. The van der Waals surface area contributed by atoms with Crippen molar-refractivity contribution < 1.29 is 4.79 Å². The van der Waals surface area contributed by atoms with Gasteiger partial charge in [0.1, 0.15) is 0 Å². The van der Waals surface area contributed by atoms with E-state index < -0.39 is 0 Å². The molecule has 1 saturated carbocycles. The quantitative estimate of drug-likeness (QED) is 0.757. The highest BCUT2D eigenvalue weighted by molar-refractivity contribution is 9.10. The zero-order chi connectivity index (χ0) is 13.3. The van der Waals surface area contributed by atoms with Crippen molar-refractivity contribution in [2.45, 2.75) is 39.7 Å². The maximum atomic E-state index is 11.4. The van der Waals surface area contributed by atoms with Crippen LogP contribution in [0.2, 0.25) is 0 Å². The van der Waals surface area contributed by atoms with Crippen LogP contribution in [0.4, 0.5) is 5.69 Å². The molecule has 0 saturated heterocycles. The summed E-state index contributed by atoms with van der Waals surface area (Å²) in [4.78, 5) is 13.9. The lowest BCUT2D eigenvalue weighted by Crippen LogP contribution is -2.29. The molecule has 2 nitrogen and oxygen atoms in total. The number of Topliss-reactive ketones (excluding diaryl/α,β-unsaturated/α-hetero) is 1. The molecule has 0 aromatic heterocycles. The third-order valence-corrected chi connectivity index (χ3v) is 3.87. The van der Waals surface area contributed by atoms with E-state index in [4.69, 9.17) is 0 Å². The van der Waals surface area contributed by atoms with Crippen LogP contribution in [-0.2, 0) is 0 Å². The van der Waals surface area contributed by atoms with Gasteiger partial charge in [-0.1, -0.05) is 13.8 Å². The maximum absolute atomic E-state index is 11.4. The standard InChI is InChI=1S/C15H20BrNO/c1-10(2)9-17(12-4-5-12)13-6-7-14(11(3)18)15(16)8-13/h6-8,10,12H,4-5,9H2,1-3H3. The Kier molecular flexibility index (Phi) is 4.10. The van der Waals surface area contributed by atoms with E-state index in [9.17, 15) is 4.79 Å². The Balaban J connectivity index is 2.25. The van der Waals surface area contributed by atoms with E-state index >= 15 is 0 Å². The highest BCUT2D eigenvalue weighted by Gasteiger charge is 2.29. The number of ketones is 1. The molecule has 0 radical (unpaired) electrons. The Morgan fingerprint density at radius 3 is 2.56 bits per heavy atom. The minimum absolute atomic E-state index is 0.107. The lowest BCUT2D eigenvalue weighted by Gasteiger charge is -2.27. The number of nitrogens with zero attached hydrogens (tertiary/aromatic N) is 1. The van der Waals surface area contributed by atoms with E-state index in [2.05, 4.69) is 46.8 Å².